The van der Waals surface area contributed by atoms with E-state index in [0.717, 1.165) is 6.92 Å². The summed E-state index contributed by atoms with van der Waals surface area (Å²) in [6, 6.07) is 4.74. The molecule has 0 bridgehead atoms. The van der Waals surface area contributed by atoms with Crippen LogP contribution in [0.2, 0.25) is 0 Å². The monoisotopic (exact) mass is 256 g/mol. The maximum atomic E-state index is 10.7. The third-order valence-corrected chi connectivity index (χ3v) is 2.38. The second kappa shape index (κ2) is 5.70. The molecular weight excluding hydrogens is 240 g/mol. The van der Waals surface area contributed by atoms with Crippen LogP contribution in [0.3, 0.4) is 0 Å². The molecule has 100 valence electrons. The van der Waals surface area contributed by atoms with Crippen LogP contribution < -0.4 is 9.47 Å². The van der Waals surface area contributed by atoms with E-state index >= 15 is 0 Å². The van der Waals surface area contributed by atoms with Gasteiger partial charge in [-0.3, -0.25) is 0 Å². The molecule has 6 heteroatoms. The van der Waals surface area contributed by atoms with Gasteiger partial charge in [-0.05, 0) is 24.6 Å². The summed E-state index contributed by atoms with van der Waals surface area (Å²) in [6.07, 6.45) is 0. The summed E-state index contributed by atoms with van der Waals surface area (Å²) in [5.41, 5.74) is -1.33. The van der Waals surface area contributed by atoms with E-state index in [1.807, 2.05) is 0 Å². The summed E-state index contributed by atoms with van der Waals surface area (Å²) >= 11 is 0. The van der Waals surface area contributed by atoms with Crippen LogP contribution in [-0.4, -0.2) is 40.6 Å². The number of rotatable bonds is 6. The third-order valence-electron chi connectivity index (χ3n) is 2.38. The van der Waals surface area contributed by atoms with Gasteiger partial charge in [0.25, 0.3) is 0 Å². The van der Waals surface area contributed by atoms with Gasteiger partial charge >= 0.3 is 5.97 Å². The lowest BCUT2D eigenvalue weighted by molar-refractivity contribution is -0.159. The van der Waals surface area contributed by atoms with Crippen molar-refractivity contribution in [1.82, 2.24) is 0 Å². The molecule has 0 amide bonds. The summed E-state index contributed by atoms with van der Waals surface area (Å²) in [5.74, 6) is -0.701. The summed E-state index contributed by atoms with van der Waals surface area (Å²) in [4.78, 5) is 10.7. The maximum Gasteiger partial charge on any atom is 0.339 e. The Morgan fingerprint density at radius 3 is 2.56 bits per heavy atom. The highest BCUT2D eigenvalue weighted by Gasteiger charge is 2.31. The Bertz CT molecular complexity index is 427. The second-order valence-corrected chi connectivity index (χ2v) is 4.01. The molecular formula is C12H16O6. The van der Waals surface area contributed by atoms with Gasteiger partial charge in [0, 0.05) is 0 Å². The molecule has 1 rings (SSSR count). The first-order valence-electron chi connectivity index (χ1n) is 5.27. The van der Waals surface area contributed by atoms with Crippen molar-refractivity contribution in [3.63, 3.8) is 0 Å². The average molecular weight is 256 g/mol. The van der Waals surface area contributed by atoms with Crippen LogP contribution in [0, 0.1) is 0 Å². The zero-order valence-electron chi connectivity index (χ0n) is 10.2. The Morgan fingerprint density at radius 2 is 2.06 bits per heavy atom. The zero-order chi connectivity index (χ0) is 13.8. The molecule has 1 aromatic rings. The zero-order valence-corrected chi connectivity index (χ0v) is 10.2. The van der Waals surface area contributed by atoms with Crippen LogP contribution in [0.4, 0.5) is 0 Å². The SMILES string of the molecule is COc1cc(CO)ccc1OCC(C)(O)C(=O)O. The predicted molar refractivity (Wildman–Crippen MR) is 62.7 cm³/mol. The molecule has 1 atom stereocenters. The molecule has 0 saturated carbocycles. The fourth-order valence-corrected chi connectivity index (χ4v) is 1.21. The minimum atomic E-state index is -1.97. The van der Waals surface area contributed by atoms with Crippen molar-refractivity contribution in [2.75, 3.05) is 13.7 Å². The lowest BCUT2D eigenvalue weighted by Gasteiger charge is -2.19. The van der Waals surface area contributed by atoms with E-state index < -0.39 is 18.2 Å². The summed E-state index contributed by atoms with van der Waals surface area (Å²) < 4.78 is 10.3. The molecule has 0 spiro atoms. The number of carbonyl (C=O) groups is 1. The maximum absolute atomic E-state index is 10.7. The van der Waals surface area contributed by atoms with Gasteiger partial charge in [0.2, 0.25) is 0 Å². The number of carboxylic acid groups (broad SMARTS) is 1. The van der Waals surface area contributed by atoms with Gasteiger partial charge in [-0.1, -0.05) is 6.07 Å². The quantitative estimate of drug-likeness (QED) is 0.682. The van der Waals surface area contributed by atoms with Crippen molar-refractivity contribution in [3.8, 4) is 11.5 Å². The molecule has 0 aliphatic heterocycles. The Kier molecular flexibility index (Phi) is 4.52. The van der Waals surface area contributed by atoms with E-state index in [9.17, 15) is 9.90 Å². The largest absolute Gasteiger partial charge is 0.493 e. The van der Waals surface area contributed by atoms with Crippen molar-refractivity contribution in [2.24, 2.45) is 0 Å². The Morgan fingerprint density at radius 1 is 1.39 bits per heavy atom. The molecule has 3 N–H and O–H groups in total. The summed E-state index contributed by atoms with van der Waals surface area (Å²) in [6.45, 7) is 0.602. The van der Waals surface area contributed by atoms with Gasteiger partial charge in [-0.25, -0.2) is 4.79 Å². The van der Waals surface area contributed by atoms with Crippen molar-refractivity contribution in [2.45, 2.75) is 19.1 Å². The van der Waals surface area contributed by atoms with Crippen LogP contribution in [0.15, 0.2) is 18.2 Å². The first kappa shape index (κ1) is 14.3. The fourth-order valence-electron chi connectivity index (χ4n) is 1.21. The van der Waals surface area contributed by atoms with Gasteiger partial charge in [-0.2, -0.15) is 0 Å². The van der Waals surface area contributed by atoms with Crippen molar-refractivity contribution >= 4 is 5.97 Å². The topological polar surface area (TPSA) is 96.2 Å². The summed E-state index contributed by atoms with van der Waals surface area (Å²) in [5, 5.41) is 27.2. The van der Waals surface area contributed by atoms with Gasteiger partial charge in [-0.15, -0.1) is 0 Å². The van der Waals surface area contributed by atoms with Crippen LogP contribution in [0.5, 0.6) is 11.5 Å². The molecule has 1 unspecified atom stereocenters. The van der Waals surface area contributed by atoms with Crippen LogP contribution in [-0.2, 0) is 11.4 Å². The number of hydrogen-bond donors (Lipinski definition) is 3. The van der Waals surface area contributed by atoms with E-state index in [1.165, 1.54) is 7.11 Å². The standard InChI is InChI=1S/C12H16O6/c1-12(16,11(14)15)7-18-9-4-3-8(6-13)5-10(9)17-2/h3-5,13,16H,6-7H2,1-2H3,(H,14,15). The van der Waals surface area contributed by atoms with Crippen LogP contribution in [0.1, 0.15) is 12.5 Å². The number of aliphatic hydroxyl groups excluding tert-OH is 1. The highest BCUT2D eigenvalue weighted by molar-refractivity contribution is 5.76. The van der Waals surface area contributed by atoms with Crippen LogP contribution in [0.25, 0.3) is 0 Å². The minimum absolute atomic E-state index is 0.135. The number of ether oxygens (including phenoxy) is 2. The molecule has 18 heavy (non-hydrogen) atoms. The number of hydrogen-bond acceptors (Lipinski definition) is 5. The van der Waals surface area contributed by atoms with Gasteiger partial charge in [0.1, 0.15) is 6.61 Å². The predicted octanol–water partition coefficient (Wildman–Crippen LogP) is 0.402. The molecule has 6 nitrogen and oxygen atoms in total. The van der Waals surface area contributed by atoms with E-state index in [-0.39, 0.29) is 6.61 Å². The number of aliphatic carboxylic acids is 1. The summed E-state index contributed by atoms with van der Waals surface area (Å²) in [7, 11) is 1.43. The highest BCUT2D eigenvalue weighted by Crippen LogP contribution is 2.28. The molecule has 0 radical (unpaired) electrons. The first-order valence-corrected chi connectivity index (χ1v) is 5.27. The van der Waals surface area contributed by atoms with E-state index in [4.69, 9.17) is 19.7 Å². The Labute approximate surface area is 104 Å². The second-order valence-electron chi connectivity index (χ2n) is 4.01. The van der Waals surface area contributed by atoms with Gasteiger partial charge < -0.3 is 24.8 Å². The normalized spacial score (nSPS) is 13.8. The number of methoxy groups -OCH3 is 1. The van der Waals surface area contributed by atoms with Crippen molar-refractivity contribution < 1.29 is 29.6 Å². The minimum Gasteiger partial charge on any atom is -0.493 e. The number of carboxylic acids is 1. The third kappa shape index (κ3) is 3.35. The first-order chi connectivity index (χ1) is 8.40. The molecule has 0 aliphatic carbocycles. The molecule has 0 heterocycles. The number of benzene rings is 1. The van der Waals surface area contributed by atoms with Crippen LogP contribution >= 0.6 is 0 Å². The fraction of sp³-hybridized carbons (Fsp3) is 0.417. The molecule has 0 fully saturated rings. The molecule has 0 saturated heterocycles. The van der Waals surface area contributed by atoms with E-state index in [0.29, 0.717) is 17.1 Å². The van der Waals surface area contributed by atoms with Crippen molar-refractivity contribution in [1.29, 1.82) is 0 Å². The Hall–Kier alpha value is -1.79. The lowest BCUT2D eigenvalue weighted by Crippen LogP contribution is -2.41. The Balaban J connectivity index is 2.82. The molecule has 1 aromatic carbocycles. The van der Waals surface area contributed by atoms with Crippen molar-refractivity contribution in [3.05, 3.63) is 23.8 Å². The molecule has 0 aromatic heterocycles. The lowest BCUT2D eigenvalue weighted by atomic mass is 10.1. The van der Waals surface area contributed by atoms with E-state index in [1.54, 1.807) is 18.2 Å². The molecule has 0 aliphatic rings. The van der Waals surface area contributed by atoms with Gasteiger partial charge in [0.15, 0.2) is 17.1 Å². The highest BCUT2D eigenvalue weighted by atomic mass is 16.5. The average Bonchev–Trinajstić information content (AvgIpc) is 2.35. The van der Waals surface area contributed by atoms with E-state index in [2.05, 4.69) is 0 Å². The van der Waals surface area contributed by atoms with Gasteiger partial charge in [0.05, 0.1) is 13.7 Å². The smallest absolute Gasteiger partial charge is 0.339 e. The number of aliphatic hydroxyl groups is 2.